The summed E-state index contributed by atoms with van der Waals surface area (Å²) in [6.45, 7) is 5.27. The van der Waals surface area contributed by atoms with Gasteiger partial charge in [0.05, 0.1) is 0 Å². The predicted octanol–water partition coefficient (Wildman–Crippen LogP) is 3.20. The Hall–Kier alpha value is -3.15. The zero-order valence-corrected chi connectivity index (χ0v) is 17.0. The average Bonchev–Trinajstić information content (AvgIpc) is 3.19. The third-order valence-electron chi connectivity index (χ3n) is 5.76. The summed E-state index contributed by atoms with van der Waals surface area (Å²) in [5.74, 6) is -0.812. The van der Waals surface area contributed by atoms with Crippen molar-refractivity contribution in [2.75, 3.05) is 11.9 Å². The smallest absolute Gasteiger partial charge is 0.325 e. The highest BCUT2D eigenvalue weighted by Crippen LogP contribution is 2.32. The lowest BCUT2D eigenvalue weighted by Crippen LogP contribution is -2.42. The second-order valence-electron chi connectivity index (χ2n) is 8.21. The maximum atomic E-state index is 13.1. The van der Waals surface area contributed by atoms with E-state index in [9.17, 15) is 14.4 Å². The van der Waals surface area contributed by atoms with E-state index in [0.29, 0.717) is 5.69 Å². The molecule has 0 radical (unpaired) electrons. The topological polar surface area (TPSA) is 78.5 Å². The zero-order valence-electron chi connectivity index (χ0n) is 17.0. The fourth-order valence-corrected chi connectivity index (χ4v) is 4.31. The monoisotopic (exact) mass is 391 g/mol. The summed E-state index contributed by atoms with van der Waals surface area (Å²) in [5.41, 5.74) is 4.85. The number of urea groups is 1. The Labute approximate surface area is 170 Å². The summed E-state index contributed by atoms with van der Waals surface area (Å²) in [5, 5.41) is 5.56. The number of carbonyl (C=O) groups excluding carboxylic acids is 3. The molecule has 1 saturated heterocycles. The zero-order chi connectivity index (χ0) is 20.8. The molecule has 0 bridgehead atoms. The Morgan fingerprint density at radius 1 is 1.07 bits per heavy atom. The molecular formula is C23H25N3O3. The first kappa shape index (κ1) is 19.2. The number of anilines is 1. The number of amides is 4. The van der Waals surface area contributed by atoms with E-state index < -0.39 is 23.4 Å². The highest BCUT2D eigenvalue weighted by molar-refractivity contribution is 6.10. The van der Waals surface area contributed by atoms with Gasteiger partial charge in [-0.25, -0.2) is 4.79 Å². The number of imide groups is 1. The van der Waals surface area contributed by atoms with Crippen LogP contribution < -0.4 is 10.6 Å². The summed E-state index contributed by atoms with van der Waals surface area (Å²) in [7, 11) is 0. The van der Waals surface area contributed by atoms with E-state index in [1.54, 1.807) is 6.92 Å². The third kappa shape index (κ3) is 3.50. The molecule has 1 aliphatic carbocycles. The van der Waals surface area contributed by atoms with Crippen LogP contribution in [-0.2, 0) is 28.0 Å². The van der Waals surface area contributed by atoms with E-state index in [0.717, 1.165) is 40.9 Å². The maximum absolute atomic E-state index is 13.1. The lowest BCUT2D eigenvalue weighted by molar-refractivity contribution is -0.133. The molecule has 1 unspecified atom stereocenters. The lowest BCUT2D eigenvalue weighted by atomic mass is 9.89. The van der Waals surface area contributed by atoms with Crippen LogP contribution in [0.2, 0.25) is 0 Å². The summed E-state index contributed by atoms with van der Waals surface area (Å²) >= 11 is 0. The van der Waals surface area contributed by atoms with Crippen molar-refractivity contribution >= 4 is 23.5 Å². The van der Waals surface area contributed by atoms with Crippen LogP contribution in [0.15, 0.2) is 36.4 Å². The molecule has 2 aliphatic rings. The maximum Gasteiger partial charge on any atom is 0.325 e. The number of nitrogens with zero attached hydrogens (tertiary/aromatic N) is 1. The van der Waals surface area contributed by atoms with Gasteiger partial charge in [-0.15, -0.1) is 0 Å². The molecule has 1 atom stereocenters. The Morgan fingerprint density at radius 2 is 1.76 bits per heavy atom. The van der Waals surface area contributed by atoms with E-state index in [4.69, 9.17) is 0 Å². The van der Waals surface area contributed by atoms with Crippen LogP contribution >= 0.6 is 0 Å². The summed E-state index contributed by atoms with van der Waals surface area (Å²) in [4.78, 5) is 39.1. The van der Waals surface area contributed by atoms with Crippen LogP contribution in [0, 0.1) is 13.8 Å². The highest BCUT2D eigenvalue weighted by atomic mass is 16.2. The summed E-state index contributed by atoms with van der Waals surface area (Å²) < 4.78 is 0. The van der Waals surface area contributed by atoms with Crippen molar-refractivity contribution in [3.8, 4) is 0 Å². The fraction of sp³-hybridized carbons (Fsp3) is 0.348. The fourth-order valence-electron chi connectivity index (χ4n) is 4.31. The van der Waals surface area contributed by atoms with Gasteiger partial charge in [-0.1, -0.05) is 24.3 Å². The van der Waals surface area contributed by atoms with Crippen molar-refractivity contribution in [1.82, 2.24) is 10.2 Å². The van der Waals surface area contributed by atoms with Crippen molar-refractivity contribution in [1.29, 1.82) is 0 Å². The van der Waals surface area contributed by atoms with Gasteiger partial charge in [0.1, 0.15) is 12.1 Å². The van der Waals surface area contributed by atoms with Crippen LogP contribution in [-0.4, -0.2) is 29.3 Å². The first-order chi connectivity index (χ1) is 13.8. The van der Waals surface area contributed by atoms with Crippen LogP contribution in [0.5, 0.6) is 0 Å². The molecule has 0 saturated carbocycles. The van der Waals surface area contributed by atoms with Crippen LogP contribution in [0.3, 0.4) is 0 Å². The summed E-state index contributed by atoms with van der Waals surface area (Å²) in [6, 6.07) is 11.1. The minimum absolute atomic E-state index is 0.321. The van der Waals surface area contributed by atoms with E-state index in [1.165, 1.54) is 11.1 Å². The lowest BCUT2D eigenvalue weighted by Gasteiger charge is -2.23. The van der Waals surface area contributed by atoms with E-state index in [1.807, 2.05) is 50.2 Å². The van der Waals surface area contributed by atoms with E-state index in [-0.39, 0.29) is 6.54 Å². The molecular weight excluding hydrogens is 366 g/mol. The van der Waals surface area contributed by atoms with Crippen molar-refractivity contribution in [2.45, 2.75) is 45.6 Å². The predicted molar refractivity (Wildman–Crippen MR) is 111 cm³/mol. The molecule has 6 nitrogen and oxygen atoms in total. The highest BCUT2D eigenvalue weighted by Gasteiger charge is 2.49. The number of aryl methyl sites for hydroxylation is 4. The van der Waals surface area contributed by atoms with Gasteiger partial charge >= 0.3 is 6.03 Å². The van der Waals surface area contributed by atoms with Crippen LogP contribution in [0.4, 0.5) is 10.5 Å². The number of hydrogen-bond donors (Lipinski definition) is 2. The van der Waals surface area contributed by atoms with Gasteiger partial charge in [-0.3, -0.25) is 14.5 Å². The Kier molecular flexibility index (Phi) is 4.65. The number of benzene rings is 2. The molecule has 29 heavy (non-hydrogen) atoms. The number of rotatable bonds is 4. The van der Waals surface area contributed by atoms with Crippen molar-refractivity contribution in [2.24, 2.45) is 0 Å². The second-order valence-corrected chi connectivity index (χ2v) is 8.21. The molecule has 1 aliphatic heterocycles. The SMILES string of the molecule is Cc1cc(C)cc(NC(=O)CN2C(=O)NC(C)(c3ccc4c(c3)CCC4)C2=O)c1. The van der Waals surface area contributed by atoms with Crippen LogP contribution in [0.25, 0.3) is 0 Å². The summed E-state index contributed by atoms with van der Waals surface area (Å²) in [6.07, 6.45) is 3.15. The Bertz CT molecular complexity index is 1010. The van der Waals surface area contributed by atoms with Crippen molar-refractivity contribution < 1.29 is 14.4 Å². The largest absolute Gasteiger partial charge is 0.325 e. The van der Waals surface area contributed by atoms with Gasteiger partial charge in [0.2, 0.25) is 5.91 Å². The minimum atomic E-state index is -1.16. The Balaban J connectivity index is 1.51. The quantitative estimate of drug-likeness (QED) is 0.786. The molecule has 6 heteroatoms. The number of nitrogens with one attached hydrogen (secondary N) is 2. The molecule has 2 N–H and O–H groups in total. The Morgan fingerprint density at radius 3 is 2.48 bits per heavy atom. The molecule has 2 aromatic rings. The molecule has 4 amide bonds. The second kappa shape index (κ2) is 7.03. The molecule has 1 fully saturated rings. The molecule has 150 valence electrons. The average molecular weight is 391 g/mol. The van der Waals surface area contributed by atoms with Crippen LogP contribution in [0.1, 0.15) is 41.2 Å². The van der Waals surface area contributed by atoms with Gasteiger partial charge < -0.3 is 10.6 Å². The van der Waals surface area contributed by atoms with Crippen molar-refractivity contribution in [3.63, 3.8) is 0 Å². The molecule has 1 heterocycles. The molecule has 2 aromatic carbocycles. The third-order valence-corrected chi connectivity index (χ3v) is 5.76. The molecule has 0 aromatic heterocycles. The number of hydrogen-bond acceptors (Lipinski definition) is 3. The molecule has 0 spiro atoms. The van der Waals surface area contributed by atoms with Gasteiger partial charge in [-0.05, 0) is 80.0 Å². The van der Waals surface area contributed by atoms with Gasteiger partial charge in [0.25, 0.3) is 5.91 Å². The number of carbonyl (C=O) groups is 3. The first-order valence-corrected chi connectivity index (χ1v) is 9.91. The van der Waals surface area contributed by atoms with Gasteiger partial charge in [0.15, 0.2) is 0 Å². The van der Waals surface area contributed by atoms with Gasteiger partial charge in [-0.2, -0.15) is 0 Å². The van der Waals surface area contributed by atoms with E-state index >= 15 is 0 Å². The van der Waals surface area contributed by atoms with Gasteiger partial charge in [0, 0.05) is 5.69 Å². The normalized spacial score (nSPS) is 20.6. The number of fused-ring (bicyclic) bond motifs is 1. The minimum Gasteiger partial charge on any atom is -0.325 e. The van der Waals surface area contributed by atoms with E-state index in [2.05, 4.69) is 10.6 Å². The molecule has 4 rings (SSSR count). The first-order valence-electron chi connectivity index (χ1n) is 9.91. The standard InChI is InChI=1S/C23H25N3O3/c1-14-9-15(2)11-19(10-14)24-20(27)13-26-21(28)23(3,25-22(26)29)18-8-7-16-5-4-6-17(16)12-18/h7-12H,4-6,13H2,1-3H3,(H,24,27)(H,25,29). The van der Waals surface area contributed by atoms with Crippen molar-refractivity contribution in [3.05, 3.63) is 64.2 Å².